The third-order valence-electron chi connectivity index (χ3n) is 4.82. The molecule has 3 rings (SSSR count). The van der Waals surface area contributed by atoms with E-state index >= 15 is 0 Å². The fourth-order valence-corrected chi connectivity index (χ4v) is 3.37. The van der Waals surface area contributed by atoms with Gasteiger partial charge in [-0.25, -0.2) is 4.39 Å². The van der Waals surface area contributed by atoms with Gasteiger partial charge in [0.05, 0.1) is 12.6 Å². The van der Waals surface area contributed by atoms with Crippen LogP contribution in [-0.4, -0.2) is 36.3 Å². The van der Waals surface area contributed by atoms with Crippen LogP contribution in [0.2, 0.25) is 0 Å². The first kappa shape index (κ1) is 19.0. The molecule has 6 heteroatoms. The second-order valence-corrected chi connectivity index (χ2v) is 6.79. The molecule has 5 nitrogen and oxygen atoms in total. The second kappa shape index (κ2) is 8.77. The van der Waals surface area contributed by atoms with Crippen LogP contribution in [0.1, 0.15) is 36.6 Å². The van der Waals surface area contributed by atoms with E-state index in [9.17, 15) is 14.0 Å². The van der Waals surface area contributed by atoms with Crippen LogP contribution in [0.5, 0.6) is 0 Å². The Hall–Kier alpha value is -2.73. The molecule has 0 aromatic heterocycles. The molecule has 27 heavy (non-hydrogen) atoms. The molecule has 0 bridgehead atoms. The molecule has 1 aliphatic rings. The zero-order valence-corrected chi connectivity index (χ0v) is 15.3. The maximum atomic E-state index is 13.1. The molecule has 0 unspecified atom stereocenters. The highest BCUT2D eigenvalue weighted by atomic mass is 19.1. The fraction of sp³-hybridized carbons (Fsp3) is 0.333. The van der Waals surface area contributed by atoms with Crippen LogP contribution in [0.3, 0.4) is 0 Å². The summed E-state index contributed by atoms with van der Waals surface area (Å²) in [6, 6.07) is 15.5. The molecule has 1 heterocycles. The van der Waals surface area contributed by atoms with Gasteiger partial charge in [-0.05, 0) is 30.2 Å². The highest BCUT2D eigenvalue weighted by Crippen LogP contribution is 2.25. The molecule has 2 aromatic rings. The highest BCUT2D eigenvalue weighted by molar-refractivity contribution is 5.79. The number of nitrogens with one attached hydrogen (secondary N) is 2. The molecule has 0 spiro atoms. The molecule has 1 aliphatic heterocycles. The van der Waals surface area contributed by atoms with Gasteiger partial charge < -0.3 is 10.6 Å². The summed E-state index contributed by atoms with van der Waals surface area (Å²) in [4.78, 5) is 26.6. The highest BCUT2D eigenvalue weighted by Gasteiger charge is 2.27. The minimum absolute atomic E-state index is 0.00792. The number of benzene rings is 2. The van der Waals surface area contributed by atoms with Gasteiger partial charge in [-0.2, -0.15) is 0 Å². The van der Waals surface area contributed by atoms with Crippen molar-refractivity contribution in [2.75, 3.05) is 19.6 Å². The van der Waals surface area contributed by atoms with Crippen LogP contribution in [0, 0.1) is 5.82 Å². The van der Waals surface area contributed by atoms with Gasteiger partial charge in [-0.3, -0.25) is 14.5 Å². The van der Waals surface area contributed by atoms with Gasteiger partial charge >= 0.3 is 0 Å². The van der Waals surface area contributed by atoms with E-state index in [1.807, 2.05) is 42.2 Å². The zero-order chi connectivity index (χ0) is 19.2. The summed E-state index contributed by atoms with van der Waals surface area (Å²) in [5.41, 5.74) is 1.87. The Labute approximate surface area is 158 Å². The number of nitrogens with zero attached hydrogens (tertiary/aromatic N) is 1. The number of rotatable bonds is 5. The number of hydrogen-bond acceptors (Lipinski definition) is 3. The fourth-order valence-electron chi connectivity index (χ4n) is 3.37. The predicted octanol–water partition coefficient (Wildman–Crippen LogP) is 2.57. The minimum atomic E-state index is -0.301. The standard InChI is InChI=1S/C21H24FN3O2/c1-15(16-7-9-18(22)10-8-16)24-21(27)14-25-12-11-23-20(26)13-19(25)17-5-3-2-4-6-17/h2-10,15,19H,11-14H2,1H3,(H,23,26)(H,24,27)/t15-,19+/m1/s1. The number of hydrogen-bond donors (Lipinski definition) is 2. The number of carbonyl (C=O) groups excluding carboxylic acids is 2. The smallest absolute Gasteiger partial charge is 0.234 e. The number of amides is 2. The Kier molecular flexibility index (Phi) is 6.19. The Morgan fingerprint density at radius 2 is 1.93 bits per heavy atom. The van der Waals surface area contributed by atoms with Crippen LogP contribution in [0.4, 0.5) is 4.39 Å². The van der Waals surface area contributed by atoms with E-state index < -0.39 is 0 Å². The molecule has 0 saturated carbocycles. The molecule has 0 aliphatic carbocycles. The van der Waals surface area contributed by atoms with E-state index in [4.69, 9.17) is 0 Å². The first-order chi connectivity index (χ1) is 13.0. The summed E-state index contributed by atoms with van der Waals surface area (Å²) in [6.07, 6.45) is 0.324. The van der Waals surface area contributed by atoms with Gasteiger partial charge in [-0.15, -0.1) is 0 Å². The SMILES string of the molecule is C[C@@H](NC(=O)CN1CCNC(=O)C[C@H]1c1ccccc1)c1ccc(F)cc1. The van der Waals surface area contributed by atoms with Gasteiger partial charge in [0.25, 0.3) is 0 Å². The molecular weight excluding hydrogens is 345 g/mol. The molecule has 2 atom stereocenters. The van der Waals surface area contributed by atoms with Crippen molar-refractivity contribution in [2.45, 2.75) is 25.4 Å². The van der Waals surface area contributed by atoms with Crippen LogP contribution in [0.15, 0.2) is 54.6 Å². The van der Waals surface area contributed by atoms with Gasteiger partial charge in [0.15, 0.2) is 0 Å². The lowest BCUT2D eigenvalue weighted by molar-refractivity contribution is -0.125. The van der Waals surface area contributed by atoms with Gasteiger partial charge in [0, 0.05) is 25.6 Å². The molecule has 2 amide bonds. The van der Waals surface area contributed by atoms with Crippen molar-refractivity contribution >= 4 is 11.8 Å². The summed E-state index contributed by atoms with van der Waals surface area (Å²) >= 11 is 0. The molecule has 2 N–H and O–H groups in total. The normalized spacial score (nSPS) is 19.0. The Morgan fingerprint density at radius 3 is 2.63 bits per heavy atom. The topological polar surface area (TPSA) is 61.4 Å². The summed E-state index contributed by atoms with van der Waals surface area (Å²) in [6.45, 7) is 3.18. The van der Waals surface area contributed by atoms with Crippen molar-refractivity contribution < 1.29 is 14.0 Å². The lowest BCUT2D eigenvalue weighted by Crippen LogP contribution is -2.41. The average Bonchev–Trinajstić information content (AvgIpc) is 2.84. The van der Waals surface area contributed by atoms with Gasteiger partial charge in [0.2, 0.25) is 11.8 Å². The van der Waals surface area contributed by atoms with E-state index in [0.29, 0.717) is 19.5 Å². The quantitative estimate of drug-likeness (QED) is 0.852. The molecule has 0 radical (unpaired) electrons. The van der Waals surface area contributed by atoms with Crippen molar-refractivity contribution in [2.24, 2.45) is 0 Å². The first-order valence-corrected chi connectivity index (χ1v) is 9.13. The second-order valence-electron chi connectivity index (χ2n) is 6.79. The Balaban J connectivity index is 1.68. The largest absolute Gasteiger partial charge is 0.355 e. The molecule has 1 fully saturated rings. The third-order valence-corrected chi connectivity index (χ3v) is 4.82. The molecule has 1 saturated heterocycles. The maximum absolute atomic E-state index is 13.1. The summed E-state index contributed by atoms with van der Waals surface area (Å²) in [5, 5.41) is 5.83. The van der Waals surface area contributed by atoms with Crippen LogP contribution >= 0.6 is 0 Å². The lowest BCUT2D eigenvalue weighted by Gasteiger charge is -2.29. The van der Waals surface area contributed by atoms with E-state index in [1.54, 1.807) is 12.1 Å². The van der Waals surface area contributed by atoms with Crippen LogP contribution in [-0.2, 0) is 9.59 Å². The van der Waals surface area contributed by atoms with E-state index in [0.717, 1.165) is 11.1 Å². The van der Waals surface area contributed by atoms with Crippen molar-refractivity contribution in [1.82, 2.24) is 15.5 Å². The monoisotopic (exact) mass is 369 g/mol. The van der Waals surface area contributed by atoms with Crippen molar-refractivity contribution in [1.29, 1.82) is 0 Å². The van der Waals surface area contributed by atoms with E-state index in [2.05, 4.69) is 10.6 Å². The van der Waals surface area contributed by atoms with E-state index in [1.165, 1.54) is 12.1 Å². The lowest BCUT2D eigenvalue weighted by atomic mass is 10.0. The summed E-state index contributed by atoms with van der Waals surface area (Å²) < 4.78 is 13.1. The molecular formula is C21H24FN3O2. The van der Waals surface area contributed by atoms with Gasteiger partial charge in [0.1, 0.15) is 5.82 Å². The summed E-state index contributed by atoms with van der Waals surface area (Å²) in [7, 11) is 0. The van der Waals surface area contributed by atoms with Crippen molar-refractivity contribution in [3.8, 4) is 0 Å². The average molecular weight is 369 g/mol. The number of halogens is 1. The van der Waals surface area contributed by atoms with Crippen LogP contribution in [0.25, 0.3) is 0 Å². The maximum Gasteiger partial charge on any atom is 0.234 e. The minimum Gasteiger partial charge on any atom is -0.355 e. The molecule has 142 valence electrons. The Morgan fingerprint density at radius 1 is 1.22 bits per heavy atom. The van der Waals surface area contributed by atoms with Crippen LogP contribution < -0.4 is 10.6 Å². The Bertz CT molecular complexity index is 780. The first-order valence-electron chi connectivity index (χ1n) is 9.13. The van der Waals surface area contributed by atoms with E-state index in [-0.39, 0.29) is 36.3 Å². The predicted molar refractivity (Wildman–Crippen MR) is 101 cm³/mol. The number of carbonyl (C=O) groups is 2. The van der Waals surface area contributed by atoms with Crippen molar-refractivity contribution in [3.63, 3.8) is 0 Å². The van der Waals surface area contributed by atoms with Crippen molar-refractivity contribution in [3.05, 3.63) is 71.5 Å². The third kappa shape index (κ3) is 5.14. The zero-order valence-electron chi connectivity index (χ0n) is 15.3. The van der Waals surface area contributed by atoms with Gasteiger partial charge in [-0.1, -0.05) is 42.5 Å². The molecule has 2 aromatic carbocycles. The summed E-state index contributed by atoms with van der Waals surface area (Å²) in [5.74, 6) is -0.432.